The van der Waals surface area contributed by atoms with Crippen LogP contribution in [0.25, 0.3) is 0 Å². The number of epoxide rings is 1. The van der Waals surface area contributed by atoms with Crippen LogP contribution in [-0.4, -0.2) is 11.7 Å². The van der Waals surface area contributed by atoms with Crippen LogP contribution in [0.2, 0.25) is 0 Å². The summed E-state index contributed by atoms with van der Waals surface area (Å²) in [4.78, 5) is 0. The monoisotopic (exact) mass is 288 g/mol. The summed E-state index contributed by atoms with van der Waals surface area (Å²) in [5.41, 5.74) is 3.18. The number of ether oxygens (including phenoxy) is 1. The van der Waals surface area contributed by atoms with Gasteiger partial charge in [-0.15, -0.1) is 6.58 Å². The predicted octanol–water partition coefficient (Wildman–Crippen LogP) is 5.68. The van der Waals surface area contributed by atoms with Crippen LogP contribution in [0.15, 0.2) is 36.5 Å². The summed E-state index contributed by atoms with van der Waals surface area (Å²) in [5.74, 6) is 1.26. The van der Waals surface area contributed by atoms with Crippen LogP contribution in [-0.2, 0) is 4.74 Å². The Kier molecular flexibility index (Phi) is 4.54. The average Bonchev–Trinajstić information content (AvgIpc) is 3.03. The zero-order valence-electron chi connectivity index (χ0n) is 14.5. The molecule has 1 aliphatic heterocycles. The van der Waals surface area contributed by atoms with Gasteiger partial charge in [-0.05, 0) is 70.6 Å². The molecule has 1 heteroatoms. The molecular weight excluding hydrogens is 256 g/mol. The molecule has 0 radical (unpaired) electrons. The average molecular weight is 288 g/mol. The van der Waals surface area contributed by atoms with Gasteiger partial charge in [0.15, 0.2) is 0 Å². The van der Waals surface area contributed by atoms with Gasteiger partial charge in [0.1, 0.15) is 0 Å². The van der Waals surface area contributed by atoms with Gasteiger partial charge in [-0.1, -0.05) is 36.8 Å². The Balaban J connectivity index is 2.00. The lowest BCUT2D eigenvalue weighted by Crippen LogP contribution is -2.33. The normalized spacial score (nSPS) is 38.9. The second-order valence-corrected chi connectivity index (χ2v) is 7.97. The number of rotatable bonds is 5. The second-order valence-electron chi connectivity index (χ2n) is 7.97. The lowest BCUT2D eigenvalue weighted by molar-refractivity contribution is 0.169. The maximum atomic E-state index is 5.68. The molecule has 0 spiro atoms. The van der Waals surface area contributed by atoms with Crippen molar-refractivity contribution in [3.05, 3.63) is 36.5 Å². The Morgan fingerprint density at radius 2 is 1.90 bits per heavy atom. The van der Waals surface area contributed by atoms with Crippen molar-refractivity contribution in [2.75, 3.05) is 0 Å². The third-order valence-electron chi connectivity index (χ3n) is 5.87. The van der Waals surface area contributed by atoms with Crippen molar-refractivity contribution in [1.29, 1.82) is 0 Å². The standard InChI is InChI=1S/C20H32O/c1-8-20(7)12-11-16(13-17(20)14(2)3)15(4)9-10-18-19(5,6)21-18/h8-9,16-18H,1-2,10-13H2,3-7H3. The summed E-state index contributed by atoms with van der Waals surface area (Å²) in [6, 6.07) is 0. The first-order valence-electron chi connectivity index (χ1n) is 8.33. The van der Waals surface area contributed by atoms with E-state index in [9.17, 15) is 0 Å². The molecule has 0 aromatic rings. The summed E-state index contributed by atoms with van der Waals surface area (Å²) in [5, 5.41) is 0. The Hall–Kier alpha value is -0.820. The number of hydrogen-bond acceptors (Lipinski definition) is 1. The molecule has 1 nitrogen and oxygen atoms in total. The van der Waals surface area contributed by atoms with Gasteiger partial charge in [0, 0.05) is 0 Å². The van der Waals surface area contributed by atoms with Crippen molar-refractivity contribution in [3.8, 4) is 0 Å². The van der Waals surface area contributed by atoms with Crippen molar-refractivity contribution in [1.82, 2.24) is 0 Å². The Morgan fingerprint density at radius 3 is 2.38 bits per heavy atom. The highest BCUT2D eigenvalue weighted by atomic mass is 16.6. The van der Waals surface area contributed by atoms with Gasteiger partial charge in [0.25, 0.3) is 0 Å². The van der Waals surface area contributed by atoms with Crippen LogP contribution >= 0.6 is 0 Å². The molecule has 0 aromatic carbocycles. The van der Waals surface area contributed by atoms with Crippen LogP contribution in [0.3, 0.4) is 0 Å². The highest BCUT2D eigenvalue weighted by Crippen LogP contribution is 2.49. The van der Waals surface area contributed by atoms with Gasteiger partial charge in [0.05, 0.1) is 11.7 Å². The minimum Gasteiger partial charge on any atom is -0.366 e. The minimum absolute atomic E-state index is 0.102. The molecular formula is C20H32O. The highest BCUT2D eigenvalue weighted by molar-refractivity contribution is 5.17. The lowest BCUT2D eigenvalue weighted by Gasteiger charge is -2.43. The fraction of sp³-hybridized carbons (Fsp3) is 0.700. The molecule has 0 amide bonds. The van der Waals surface area contributed by atoms with E-state index in [0.717, 1.165) is 6.42 Å². The second kappa shape index (κ2) is 5.76. The van der Waals surface area contributed by atoms with E-state index in [4.69, 9.17) is 4.74 Å². The van der Waals surface area contributed by atoms with Gasteiger partial charge >= 0.3 is 0 Å². The molecule has 118 valence electrons. The van der Waals surface area contributed by atoms with Crippen LogP contribution in [0.1, 0.15) is 60.3 Å². The summed E-state index contributed by atoms with van der Waals surface area (Å²) < 4.78 is 5.68. The molecule has 1 aliphatic carbocycles. The topological polar surface area (TPSA) is 12.5 Å². The summed E-state index contributed by atoms with van der Waals surface area (Å²) in [6.45, 7) is 19.5. The van der Waals surface area contributed by atoms with E-state index in [1.165, 1.54) is 24.8 Å². The smallest absolute Gasteiger partial charge is 0.0902 e. The van der Waals surface area contributed by atoms with E-state index in [1.54, 1.807) is 5.57 Å². The molecule has 2 fully saturated rings. The molecule has 1 saturated carbocycles. The molecule has 0 bridgehead atoms. The van der Waals surface area contributed by atoms with E-state index in [0.29, 0.717) is 17.9 Å². The third-order valence-corrected chi connectivity index (χ3v) is 5.87. The number of allylic oxidation sites excluding steroid dienone is 3. The Bertz CT molecular complexity index is 456. The van der Waals surface area contributed by atoms with Crippen molar-refractivity contribution < 1.29 is 4.74 Å². The summed E-state index contributed by atoms with van der Waals surface area (Å²) in [7, 11) is 0. The van der Waals surface area contributed by atoms with Crippen LogP contribution in [0.4, 0.5) is 0 Å². The minimum atomic E-state index is 0.102. The molecule has 2 aliphatic rings. The highest BCUT2D eigenvalue weighted by Gasteiger charge is 2.46. The van der Waals surface area contributed by atoms with Crippen molar-refractivity contribution >= 4 is 0 Å². The maximum Gasteiger partial charge on any atom is 0.0902 e. The molecule has 1 heterocycles. The van der Waals surface area contributed by atoms with Crippen LogP contribution in [0, 0.1) is 17.3 Å². The summed E-state index contributed by atoms with van der Waals surface area (Å²) >= 11 is 0. The van der Waals surface area contributed by atoms with E-state index in [2.05, 4.69) is 59.9 Å². The van der Waals surface area contributed by atoms with Gasteiger partial charge < -0.3 is 4.74 Å². The van der Waals surface area contributed by atoms with Gasteiger partial charge in [-0.2, -0.15) is 0 Å². The maximum absolute atomic E-state index is 5.68. The SMILES string of the molecule is C=CC1(C)CCC(C(C)=CCC2OC2(C)C)CC1C(=C)C. The molecule has 21 heavy (non-hydrogen) atoms. The van der Waals surface area contributed by atoms with Gasteiger partial charge in [-0.25, -0.2) is 0 Å². The van der Waals surface area contributed by atoms with E-state index < -0.39 is 0 Å². The fourth-order valence-corrected chi connectivity index (χ4v) is 3.88. The predicted molar refractivity (Wildman–Crippen MR) is 91.3 cm³/mol. The zero-order valence-corrected chi connectivity index (χ0v) is 14.5. The Labute approximate surface area is 131 Å². The van der Waals surface area contributed by atoms with E-state index >= 15 is 0 Å². The molecule has 0 aromatic heterocycles. The largest absolute Gasteiger partial charge is 0.366 e. The van der Waals surface area contributed by atoms with Crippen LogP contribution < -0.4 is 0 Å². The Morgan fingerprint density at radius 1 is 1.29 bits per heavy atom. The van der Waals surface area contributed by atoms with E-state index in [1.807, 2.05) is 0 Å². The van der Waals surface area contributed by atoms with Gasteiger partial charge in [0.2, 0.25) is 0 Å². The van der Waals surface area contributed by atoms with E-state index in [-0.39, 0.29) is 11.0 Å². The zero-order chi connectivity index (χ0) is 15.8. The van der Waals surface area contributed by atoms with Gasteiger partial charge in [-0.3, -0.25) is 0 Å². The van der Waals surface area contributed by atoms with Crippen molar-refractivity contribution in [3.63, 3.8) is 0 Å². The first-order valence-corrected chi connectivity index (χ1v) is 8.33. The van der Waals surface area contributed by atoms with Crippen molar-refractivity contribution in [2.45, 2.75) is 72.0 Å². The molecule has 4 unspecified atom stereocenters. The molecule has 4 atom stereocenters. The molecule has 0 N–H and O–H groups in total. The van der Waals surface area contributed by atoms with Crippen molar-refractivity contribution in [2.24, 2.45) is 17.3 Å². The molecule has 2 rings (SSSR count). The fourth-order valence-electron chi connectivity index (χ4n) is 3.88. The number of hydrogen-bond donors (Lipinski definition) is 0. The lowest BCUT2D eigenvalue weighted by atomic mass is 9.61. The first kappa shape index (κ1) is 16.5. The van der Waals surface area contributed by atoms with Crippen LogP contribution in [0.5, 0.6) is 0 Å². The summed E-state index contributed by atoms with van der Waals surface area (Å²) in [6.07, 6.45) is 9.75. The first-order chi connectivity index (χ1) is 9.69. The molecule has 1 saturated heterocycles. The third kappa shape index (κ3) is 3.51. The quantitative estimate of drug-likeness (QED) is 0.468.